The molecule has 1 aliphatic heterocycles. The van der Waals surface area contributed by atoms with Crippen molar-refractivity contribution >= 4 is 23.3 Å². The van der Waals surface area contributed by atoms with Crippen molar-refractivity contribution in [3.05, 3.63) is 48.7 Å². The summed E-state index contributed by atoms with van der Waals surface area (Å²) in [6, 6.07) is 8.26. The van der Waals surface area contributed by atoms with Crippen LogP contribution in [0.5, 0.6) is 5.75 Å². The van der Waals surface area contributed by atoms with Gasteiger partial charge in [0.15, 0.2) is 0 Å². The van der Waals surface area contributed by atoms with Crippen molar-refractivity contribution in [2.45, 2.75) is 25.7 Å². The van der Waals surface area contributed by atoms with Gasteiger partial charge in [-0.1, -0.05) is 6.08 Å². The zero-order valence-corrected chi connectivity index (χ0v) is 15.2. The Hall–Kier alpha value is -1.58. The predicted molar refractivity (Wildman–Crippen MR) is 103 cm³/mol. The van der Waals surface area contributed by atoms with E-state index in [9.17, 15) is 0 Å². The van der Waals surface area contributed by atoms with Crippen molar-refractivity contribution in [1.29, 1.82) is 0 Å². The molecular weight excluding hydrogens is 320 g/mol. The highest BCUT2D eigenvalue weighted by Crippen LogP contribution is 2.24. The summed E-state index contributed by atoms with van der Waals surface area (Å²) in [6.45, 7) is 7.52. The van der Waals surface area contributed by atoms with Gasteiger partial charge in [0.1, 0.15) is 5.75 Å². The highest BCUT2D eigenvalue weighted by Gasteiger charge is 2.16. The third-order valence-electron chi connectivity index (χ3n) is 4.83. The first-order chi connectivity index (χ1) is 11.3. The molecule has 1 unspecified atom stereocenters. The van der Waals surface area contributed by atoms with Gasteiger partial charge in [-0.25, -0.2) is 0 Å². The Kier molecular flexibility index (Phi) is 7.07. The average Bonchev–Trinajstić information content (AvgIpc) is 2.61. The summed E-state index contributed by atoms with van der Waals surface area (Å²) < 4.78 is 5.36. The Morgan fingerprint density at radius 3 is 3.04 bits per heavy atom. The van der Waals surface area contributed by atoms with Crippen LogP contribution in [-0.4, -0.2) is 36.6 Å². The highest BCUT2D eigenvalue weighted by atomic mass is 35.5. The molecule has 0 radical (unpaired) electrons. The second-order valence-electron chi connectivity index (χ2n) is 6.40. The van der Waals surface area contributed by atoms with E-state index >= 15 is 0 Å². The molecular formula is C20H27ClN2O. The van der Waals surface area contributed by atoms with Gasteiger partial charge in [-0.3, -0.25) is 4.98 Å². The molecule has 2 heterocycles. The van der Waals surface area contributed by atoms with Gasteiger partial charge in [-0.2, -0.15) is 0 Å². The second-order valence-corrected chi connectivity index (χ2v) is 6.40. The van der Waals surface area contributed by atoms with Crippen LogP contribution in [0.15, 0.2) is 43.1 Å². The summed E-state index contributed by atoms with van der Waals surface area (Å²) >= 11 is 0. The number of aryl methyl sites for hydroxylation is 1. The molecule has 0 amide bonds. The number of likely N-dealkylation sites (tertiary alicyclic amines) is 1. The number of hydrogen-bond acceptors (Lipinski definition) is 3. The van der Waals surface area contributed by atoms with E-state index in [2.05, 4.69) is 34.7 Å². The summed E-state index contributed by atoms with van der Waals surface area (Å²) in [4.78, 5) is 7.04. The largest absolute Gasteiger partial charge is 0.497 e. The maximum absolute atomic E-state index is 5.36. The maximum atomic E-state index is 5.36. The zero-order valence-electron chi connectivity index (χ0n) is 14.4. The molecule has 1 fully saturated rings. The number of fused-ring (bicyclic) bond motifs is 1. The number of piperidine rings is 1. The number of rotatable bonds is 6. The minimum absolute atomic E-state index is 0. The molecule has 2 aromatic rings. The third-order valence-corrected chi connectivity index (χ3v) is 4.83. The fraction of sp³-hybridized carbons (Fsp3) is 0.450. The number of hydrogen-bond donors (Lipinski definition) is 0. The van der Waals surface area contributed by atoms with E-state index in [4.69, 9.17) is 4.74 Å². The van der Waals surface area contributed by atoms with Gasteiger partial charge in [0.25, 0.3) is 0 Å². The summed E-state index contributed by atoms with van der Waals surface area (Å²) in [5.74, 6) is 1.58. The van der Waals surface area contributed by atoms with Crippen molar-refractivity contribution in [3.63, 3.8) is 0 Å². The summed E-state index contributed by atoms with van der Waals surface area (Å²) in [5, 5.41) is 1.22. The molecule has 0 saturated carbocycles. The number of methoxy groups -OCH3 is 1. The van der Waals surface area contributed by atoms with Crippen LogP contribution in [0.3, 0.4) is 0 Å². The second kappa shape index (κ2) is 9.05. The van der Waals surface area contributed by atoms with Gasteiger partial charge < -0.3 is 9.64 Å². The first kappa shape index (κ1) is 18.8. The SMILES string of the molecule is C=CC1CCCN(CCCc2ccnc3ccc(OC)cc23)C1.Cl. The lowest BCUT2D eigenvalue weighted by atomic mass is 9.97. The minimum Gasteiger partial charge on any atom is -0.497 e. The maximum Gasteiger partial charge on any atom is 0.119 e. The van der Waals surface area contributed by atoms with E-state index in [1.807, 2.05) is 18.3 Å². The lowest BCUT2D eigenvalue weighted by Gasteiger charge is -2.31. The van der Waals surface area contributed by atoms with Crippen LogP contribution in [0.25, 0.3) is 10.9 Å². The lowest BCUT2D eigenvalue weighted by molar-refractivity contribution is 0.195. The van der Waals surface area contributed by atoms with E-state index in [0.717, 1.165) is 24.2 Å². The monoisotopic (exact) mass is 346 g/mol. The molecule has 0 spiro atoms. The summed E-state index contributed by atoms with van der Waals surface area (Å²) in [7, 11) is 1.71. The Bertz CT molecular complexity index is 674. The smallest absolute Gasteiger partial charge is 0.119 e. The molecule has 130 valence electrons. The van der Waals surface area contributed by atoms with Gasteiger partial charge in [-0.05, 0) is 74.5 Å². The standard InChI is InChI=1S/C20H26N2O.ClH/c1-3-16-6-4-12-22(15-16)13-5-7-17-10-11-21-20-9-8-18(23-2)14-19(17)20;/h3,8-11,14,16H,1,4-7,12-13,15H2,2H3;1H. The number of benzene rings is 1. The van der Waals surface area contributed by atoms with Gasteiger partial charge in [0.05, 0.1) is 12.6 Å². The van der Waals surface area contributed by atoms with Crippen molar-refractivity contribution in [1.82, 2.24) is 9.88 Å². The predicted octanol–water partition coefficient (Wildman–Crippen LogP) is 4.50. The van der Waals surface area contributed by atoms with Crippen LogP contribution in [-0.2, 0) is 6.42 Å². The first-order valence-corrected chi connectivity index (χ1v) is 8.56. The Labute approximate surface area is 151 Å². The molecule has 3 nitrogen and oxygen atoms in total. The van der Waals surface area contributed by atoms with Crippen molar-refractivity contribution in [2.24, 2.45) is 5.92 Å². The molecule has 0 N–H and O–H groups in total. The van der Waals surface area contributed by atoms with Crippen molar-refractivity contribution in [2.75, 3.05) is 26.7 Å². The van der Waals surface area contributed by atoms with E-state index in [1.165, 1.54) is 43.3 Å². The molecule has 1 aliphatic rings. The highest BCUT2D eigenvalue weighted by molar-refractivity contribution is 5.85. The zero-order chi connectivity index (χ0) is 16.1. The summed E-state index contributed by atoms with van der Waals surface area (Å²) in [5.41, 5.74) is 2.42. The van der Waals surface area contributed by atoms with Crippen LogP contribution >= 0.6 is 12.4 Å². The fourth-order valence-electron chi connectivity index (χ4n) is 3.51. The number of nitrogens with zero attached hydrogens (tertiary/aromatic N) is 2. The van der Waals surface area contributed by atoms with Crippen molar-refractivity contribution < 1.29 is 4.74 Å². The molecule has 0 bridgehead atoms. The molecule has 1 aromatic heterocycles. The van der Waals surface area contributed by atoms with Crippen LogP contribution < -0.4 is 4.74 Å². The number of ether oxygens (including phenoxy) is 1. The number of halogens is 1. The lowest BCUT2D eigenvalue weighted by Crippen LogP contribution is -2.35. The Morgan fingerprint density at radius 2 is 2.25 bits per heavy atom. The van der Waals surface area contributed by atoms with Crippen LogP contribution in [0.1, 0.15) is 24.8 Å². The fourth-order valence-corrected chi connectivity index (χ4v) is 3.51. The van der Waals surface area contributed by atoms with Gasteiger partial charge in [0, 0.05) is 18.1 Å². The molecule has 3 rings (SSSR count). The summed E-state index contributed by atoms with van der Waals surface area (Å²) in [6.07, 6.45) is 8.90. The Balaban J connectivity index is 0.00000208. The first-order valence-electron chi connectivity index (χ1n) is 8.56. The molecule has 24 heavy (non-hydrogen) atoms. The van der Waals surface area contributed by atoms with E-state index in [0.29, 0.717) is 5.92 Å². The van der Waals surface area contributed by atoms with Crippen molar-refractivity contribution in [3.8, 4) is 5.75 Å². The van der Waals surface area contributed by atoms with Crippen LogP contribution in [0.4, 0.5) is 0 Å². The van der Waals surface area contributed by atoms with E-state index in [-0.39, 0.29) is 12.4 Å². The molecule has 0 aliphatic carbocycles. The molecule has 1 atom stereocenters. The number of pyridine rings is 1. The molecule has 1 saturated heterocycles. The molecule has 4 heteroatoms. The minimum atomic E-state index is 0. The van der Waals surface area contributed by atoms with E-state index < -0.39 is 0 Å². The topological polar surface area (TPSA) is 25.4 Å². The van der Waals surface area contributed by atoms with Crippen LogP contribution in [0.2, 0.25) is 0 Å². The third kappa shape index (κ3) is 4.49. The quantitative estimate of drug-likeness (QED) is 0.720. The Morgan fingerprint density at radius 1 is 1.38 bits per heavy atom. The normalized spacial score (nSPS) is 18.1. The average molecular weight is 347 g/mol. The van der Waals surface area contributed by atoms with Gasteiger partial charge in [0.2, 0.25) is 0 Å². The number of aromatic nitrogens is 1. The van der Waals surface area contributed by atoms with Crippen LogP contribution in [0, 0.1) is 5.92 Å². The van der Waals surface area contributed by atoms with E-state index in [1.54, 1.807) is 7.11 Å². The van der Waals surface area contributed by atoms with Gasteiger partial charge in [-0.15, -0.1) is 19.0 Å². The van der Waals surface area contributed by atoms with Gasteiger partial charge >= 0.3 is 0 Å². The molecule has 1 aromatic carbocycles.